The minimum Gasteiger partial charge on any atom is -0.450 e. The van der Waals surface area contributed by atoms with Gasteiger partial charge in [0, 0.05) is 45.8 Å². The number of nitrogens with zero attached hydrogens (tertiary/aromatic N) is 2. The SMILES string of the molecule is CCCCCCCC1=Nc2cc(C(=O)NC3CCN(C(=O)OCC)CC3)ccc2Sc2ccccc21. The van der Waals surface area contributed by atoms with Gasteiger partial charge in [0.1, 0.15) is 0 Å². The number of ether oxygens (including phenoxy) is 1. The largest absolute Gasteiger partial charge is 0.450 e. The van der Waals surface area contributed by atoms with Crippen LogP contribution in [0.4, 0.5) is 10.5 Å². The van der Waals surface area contributed by atoms with Gasteiger partial charge in [0.05, 0.1) is 12.3 Å². The van der Waals surface area contributed by atoms with Crippen molar-refractivity contribution in [3.8, 4) is 0 Å². The number of hydrogen-bond donors (Lipinski definition) is 1. The normalized spacial score (nSPS) is 15.4. The Hall–Kier alpha value is -2.80. The Morgan fingerprint density at radius 3 is 2.58 bits per heavy atom. The van der Waals surface area contributed by atoms with Gasteiger partial charge in [-0.15, -0.1) is 0 Å². The predicted molar refractivity (Wildman–Crippen MR) is 146 cm³/mol. The molecule has 36 heavy (non-hydrogen) atoms. The molecular weight excluding hydrogens is 470 g/mol. The van der Waals surface area contributed by atoms with Gasteiger partial charge in [0.2, 0.25) is 0 Å². The first-order valence-electron chi connectivity index (χ1n) is 13.3. The standard InChI is InChI=1S/C29H37N3O3S/c1-3-5-6-7-8-12-24-23-11-9-10-13-26(23)36-27-15-14-21(20-25(27)31-24)28(33)30-22-16-18-32(19-17-22)29(34)35-4-2/h9-11,13-15,20,22H,3-8,12,16-19H2,1-2H3,(H,30,33). The van der Waals surface area contributed by atoms with E-state index in [1.165, 1.54) is 36.1 Å². The third kappa shape index (κ3) is 6.69. The number of piperidine rings is 1. The quantitative estimate of drug-likeness (QED) is 0.372. The number of fused-ring (bicyclic) bond motifs is 2. The number of hydrogen-bond acceptors (Lipinski definition) is 5. The van der Waals surface area contributed by atoms with Gasteiger partial charge in [-0.2, -0.15) is 0 Å². The van der Waals surface area contributed by atoms with Crippen molar-refractivity contribution in [2.75, 3.05) is 19.7 Å². The van der Waals surface area contributed by atoms with Crippen LogP contribution >= 0.6 is 11.8 Å². The van der Waals surface area contributed by atoms with Crippen LogP contribution in [0.5, 0.6) is 0 Å². The summed E-state index contributed by atoms with van der Waals surface area (Å²) >= 11 is 1.72. The molecule has 2 amide bonds. The van der Waals surface area contributed by atoms with Gasteiger partial charge in [-0.05, 0) is 56.9 Å². The molecule has 1 saturated heterocycles. The van der Waals surface area contributed by atoms with Crippen molar-refractivity contribution in [2.45, 2.75) is 81.0 Å². The molecule has 2 heterocycles. The van der Waals surface area contributed by atoms with Gasteiger partial charge < -0.3 is 15.0 Å². The van der Waals surface area contributed by atoms with Crippen LogP contribution in [-0.2, 0) is 4.74 Å². The molecule has 0 aromatic heterocycles. The van der Waals surface area contributed by atoms with Gasteiger partial charge in [-0.3, -0.25) is 9.79 Å². The van der Waals surface area contributed by atoms with E-state index in [1.54, 1.807) is 16.7 Å². The van der Waals surface area contributed by atoms with Gasteiger partial charge >= 0.3 is 6.09 Å². The molecule has 1 N–H and O–H groups in total. The van der Waals surface area contributed by atoms with Crippen molar-refractivity contribution >= 4 is 35.2 Å². The monoisotopic (exact) mass is 507 g/mol. The van der Waals surface area contributed by atoms with Crippen LogP contribution in [0.15, 0.2) is 57.2 Å². The van der Waals surface area contributed by atoms with Crippen LogP contribution in [0, 0.1) is 0 Å². The third-order valence-corrected chi connectivity index (χ3v) is 7.91. The number of carbonyl (C=O) groups excluding carboxylic acids is 2. The van der Waals surface area contributed by atoms with E-state index >= 15 is 0 Å². The Balaban J connectivity index is 1.45. The van der Waals surface area contributed by atoms with E-state index in [9.17, 15) is 9.59 Å². The van der Waals surface area contributed by atoms with Crippen molar-refractivity contribution in [1.82, 2.24) is 10.2 Å². The lowest BCUT2D eigenvalue weighted by atomic mass is 10.0. The van der Waals surface area contributed by atoms with Gasteiger partial charge in [0.15, 0.2) is 0 Å². The number of likely N-dealkylation sites (tertiary alicyclic amines) is 1. The minimum atomic E-state index is -0.273. The smallest absolute Gasteiger partial charge is 0.409 e. The summed E-state index contributed by atoms with van der Waals surface area (Å²) in [7, 11) is 0. The zero-order chi connectivity index (χ0) is 25.3. The molecule has 0 bridgehead atoms. The second kappa shape index (κ2) is 12.9. The first-order valence-corrected chi connectivity index (χ1v) is 14.1. The third-order valence-electron chi connectivity index (χ3n) is 6.77. The minimum absolute atomic E-state index is 0.0443. The summed E-state index contributed by atoms with van der Waals surface area (Å²) in [5.41, 5.74) is 3.80. The lowest BCUT2D eigenvalue weighted by Crippen LogP contribution is -2.46. The number of amides is 2. The van der Waals surface area contributed by atoms with Crippen LogP contribution < -0.4 is 5.32 Å². The van der Waals surface area contributed by atoms with Crippen LogP contribution in [0.25, 0.3) is 0 Å². The average molecular weight is 508 g/mol. The summed E-state index contributed by atoms with van der Waals surface area (Å²) in [6, 6.07) is 14.3. The zero-order valence-corrected chi connectivity index (χ0v) is 22.2. The molecule has 2 aliphatic heterocycles. The topological polar surface area (TPSA) is 71.0 Å². The van der Waals surface area contributed by atoms with E-state index in [4.69, 9.17) is 9.73 Å². The van der Waals surface area contributed by atoms with E-state index in [1.807, 2.05) is 25.1 Å². The highest BCUT2D eigenvalue weighted by Crippen LogP contribution is 2.41. The van der Waals surface area contributed by atoms with E-state index in [0.29, 0.717) is 25.3 Å². The van der Waals surface area contributed by atoms with Crippen molar-refractivity contribution in [3.63, 3.8) is 0 Å². The van der Waals surface area contributed by atoms with E-state index < -0.39 is 0 Å². The Bertz CT molecular complexity index is 1090. The van der Waals surface area contributed by atoms with Crippen LogP contribution in [-0.4, -0.2) is 48.4 Å². The molecule has 1 fully saturated rings. The fourth-order valence-electron chi connectivity index (χ4n) is 4.73. The first-order chi connectivity index (χ1) is 17.6. The Labute approximate surface area is 218 Å². The molecule has 192 valence electrons. The lowest BCUT2D eigenvalue weighted by molar-refractivity contribution is 0.0860. The number of aliphatic imine (C=N–C) groups is 1. The summed E-state index contributed by atoms with van der Waals surface area (Å²) in [6.45, 7) is 5.60. The van der Waals surface area contributed by atoms with Crippen LogP contribution in [0.2, 0.25) is 0 Å². The number of benzene rings is 2. The summed E-state index contributed by atoms with van der Waals surface area (Å²) in [5, 5.41) is 3.16. The van der Waals surface area contributed by atoms with Crippen LogP contribution in [0.1, 0.15) is 81.1 Å². The Kier molecular flexibility index (Phi) is 9.45. The van der Waals surface area contributed by atoms with Crippen LogP contribution in [0.3, 0.4) is 0 Å². The Morgan fingerprint density at radius 2 is 1.81 bits per heavy atom. The molecule has 2 aromatic carbocycles. The van der Waals surface area contributed by atoms with Gasteiger partial charge in [-0.25, -0.2) is 4.79 Å². The second-order valence-corrected chi connectivity index (χ2v) is 10.5. The highest BCUT2D eigenvalue weighted by Gasteiger charge is 2.25. The molecule has 4 rings (SSSR count). The molecule has 2 aromatic rings. The molecule has 0 atom stereocenters. The van der Waals surface area contributed by atoms with Gasteiger partial charge in [-0.1, -0.05) is 62.6 Å². The molecule has 0 unspecified atom stereocenters. The number of carbonyl (C=O) groups is 2. The lowest BCUT2D eigenvalue weighted by Gasteiger charge is -2.31. The fourth-order valence-corrected chi connectivity index (χ4v) is 5.75. The maximum atomic E-state index is 13.1. The number of unbranched alkanes of at least 4 members (excludes halogenated alkanes) is 4. The molecule has 2 aliphatic rings. The molecule has 6 nitrogen and oxygen atoms in total. The second-order valence-electron chi connectivity index (χ2n) is 9.44. The van der Waals surface area contributed by atoms with Crippen molar-refractivity contribution in [1.29, 1.82) is 0 Å². The zero-order valence-electron chi connectivity index (χ0n) is 21.4. The fraction of sp³-hybridized carbons (Fsp3) is 0.483. The maximum Gasteiger partial charge on any atom is 0.409 e. The Morgan fingerprint density at radius 1 is 1.03 bits per heavy atom. The molecule has 0 radical (unpaired) electrons. The number of rotatable bonds is 9. The molecular formula is C29H37N3O3S. The van der Waals surface area contributed by atoms with Crippen molar-refractivity contribution < 1.29 is 14.3 Å². The molecule has 0 aliphatic carbocycles. The predicted octanol–water partition coefficient (Wildman–Crippen LogP) is 6.98. The average Bonchev–Trinajstić information content (AvgIpc) is 3.05. The molecule has 0 spiro atoms. The summed E-state index contributed by atoms with van der Waals surface area (Å²) in [6.07, 6.45) is 8.23. The van der Waals surface area contributed by atoms with Crippen molar-refractivity contribution in [2.24, 2.45) is 4.99 Å². The van der Waals surface area contributed by atoms with E-state index in [2.05, 4.69) is 36.5 Å². The van der Waals surface area contributed by atoms with Gasteiger partial charge in [0.25, 0.3) is 5.91 Å². The molecule has 0 saturated carbocycles. The number of nitrogens with one attached hydrogen (secondary N) is 1. The molecule has 7 heteroatoms. The highest BCUT2D eigenvalue weighted by atomic mass is 32.2. The van der Waals surface area contributed by atoms with Crippen molar-refractivity contribution in [3.05, 3.63) is 53.6 Å². The first kappa shape index (κ1) is 26.3. The summed E-state index contributed by atoms with van der Waals surface area (Å²) < 4.78 is 5.09. The highest BCUT2D eigenvalue weighted by molar-refractivity contribution is 7.99. The van der Waals surface area contributed by atoms with E-state index in [0.717, 1.165) is 42.0 Å². The maximum absolute atomic E-state index is 13.1. The van der Waals surface area contributed by atoms with E-state index in [-0.39, 0.29) is 18.0 Å². The summed E-state index contributed by atoms with van der Waals surface area (Å²) in [5.74, 6) is -0.0875. The summed E-state index contributed by atoms with van der Waals surface area (Å²) in [4.78, 5) is 34.1.